The largest absolute Gasteiger partial charge is 0.352 e. The molecule has 0 aliphatic rings. The predicted molar refractivity (Wildman–Crippen MR) is 20.7 cm³/mol. The Kier molecular flexibility index (Phi) is 6.53. The fraction of sp³-hybridized carbons (Fsp3) is 0. The second-order valence-corrected chi connectivity index (χ2v) is 0.402. The summed E-state index contributed by atoms with van der Waals surface area (Å²) in [5.41, 5.74) is 8.50. The van der Waals surface area contributed by atoms with Crippen LogP contribution in [0.25, 0.3) is 0 Å². The Hall–Kier alpha value is -0.300. The molecule has 0 saturated carbocycles. The van der Waals surface area contributed by atoms with Crippen LogP contribution in [0.5, 0.6) is 0 Å². The van der Waals surface area contributed by atoms with Crippen LogP contribution in [-0.4, -0.2) is 6.03 Å². The van der Waals surface area contributed by atoms with Crippen LogP contribution in [0, 0.1) is 0 Å². The second-order valence-electron chi connectivity index (χ2n) is 0.402. The Morgan fingerprint density at radius 1 is 1.40 bits per heavy atom. The Balaban J connectivity index is 0. The number of nitrogens with two attached hydrogens (primary N) is 2. The topological polar surface area (TPSA) is 69.1 Å². The van der Waals surface area contributed by atoms with Crippen molar-refractivity contribution in [3.05, 3.63) is 0 Å². The van der Waals surface area contributed by atoms with Gasteiger partial charge in [0.15, 0.2) is 0 Å². The van der Waals surface area contributed by atoms with Crippen molar-refractivity contribution in [2.75, 3.05) is 0 Å². The summed E-state index contributed by atoms with van der Waals surface area (Å²) in [6.07, 6.45) is 0. The smallest absolute Gasteiger partial charge is 0.309 e. The van der Waals surface area contributed by atoms with E-state index in [0.29, 0.717) is 0 Å². The number of carbonyl (C=O) groups is 1. The quantitative estimate of drug-likeness (QED) is 0.401. The van der Waals surface area contributed by atoms with E-state index < -0.39 is 6.03 Å². The van der Waals surface area contributed by atoms with Crippen molar-refractivity contribution in [2.45, 2.75) is 0 Å². The van der Waals surface area contributed by atoms with Crippen molar-refractivity contribution in [2.24, 2.45) is 11.5 Å². The predicted octanol–water partition coefficient (Wildman–Crippen LogP) is -0.115. The maximum Gasteiger partial charge on any atom is 0.309 e. The fourth-order valence-electron chi connectivity index (χ4n) is 0. The monoisotopic (exact) mass is 91.0 g/mol. The third-order valence-corrected chi connectivity index (χ3v) is 0. The molecule has 0 aliphatic carbocycles. The molecule has 5 heavy (non-hydrogen) atoms. The Morgan fingerprint density at radius 2 is 1.40 bits per heavy atom. The summed E-state index contributed by atoms with van der Waals surface area (Å²) in [6, 6.07) is -0.833. The van der Waals surface area contributed by atoms with Crippen LogP contribution in [0.4, 0.5) is 4.79 Å². The molecule has 0 fully saturated rings. The third kappa shape index (κ3) is 119. The van der Waals surface area contributed by atoms with E-state index in [1.165, 1.54) is 0 Å². The molecule has 3 nitrogen and oxygen atoms in total. The number of primary amides is 2. The van der Waals surface area contributed by atoms with Crippen LogP contribution in [0.1, 0.15) is 0 Å². The van der Waals surface area contributed by atoms with Gasteiger partial charge >= 0.3 is 6.03 Å². The van der Waals surface area contributed by atoms with Crippen LogP contribution in [-0.2, 0) is 0 Å². The van der Waals surface area contributed by atoms with Gasteiger partial charge in [0, 0.05) is 9.90 Å². The van der Waals surface area contributed by atoms with Crippen molar-refractivity contribution in [1.82, 2.24) is 0 Å². The zero-order valence-corrected chi connectivity index (χ0v) is 3.40. The molecule has 0 aromatic carbocycles. The van der Waals surface area contributed by atoms with Gasteiger partial charge in [-0.25, -0.2) is 4.79 Å². The van der Waals surface area contributed by atoms with Crippen molar-refractivity contribution in [1.29, 1.82) is 0 Å². The lowest BCUT2D eigenvalue weighted by atomic mass is 11.2. The minimum absolute atomic E-state index is 0. The maximum absolute atomic E-state index is 9.00. The van der Waals surface area contributed by atoms with Crippen molar-refractivity contribution in [3.63, 3.8) is 0 Å². The van der Waals surface area contributed by atoms with Gasteiger partial charge in [-0.15, -0.1) is 0 Å². The van der Waals surface area contributed by atoms with Gasteiger partial charge in [0.25, 0.3) is 0 Å². The molecule has 0 atom stereocenters. The molecule has 4 heteroatoms. The number of rotatable bonds is 0. The summed E-state index contributed by atoms with van der Waals surface area (Å²) in [4.78, 5) is 9.00. The lowest BCUT2D eigenvalue weighted by molar-refractivity contribution is 0.256. The summed E-state index contributed by atoms with van der Waals surface area (Å²) in [7, 11) is 0. The average Bonchev–Trinajstić information content (AvgIpc) is 0.811. The first-order chi connectivity index (χ1) is 1.73. The summed E-state index contributed by atoms with van der Waals surface area (Å²) >= 11 is 0. The molecule has 0 unspecified atom stereocenters. The fourth-order valence-corrected chi connectivity index (χ4v) is 0. The first-order valence-corrected chi connectivity index (χ1v) is 0.781. The number of hydrogen-bond acceptors (Lipinski definition) is 1. The lowest BCUT2D eigenvalue weighted by Crippen LogP contribution is -2.18. The molecule has 0 aromatic rings. The van der Waals surface area contributed by atoms with Crippen molar-refractivity contribution >= 4 is 15.9 Å². The Labute approximate surface area is 33.3 Å². The zero-order valence-electron chi connectivity index (χ0n) is 2.51. The van der Waals surface area contributed by atoms with Gasteiger partial charge in [-0.2, -0.15) is 0 Å². The third-order valence-electron chi connectivity index (χ3n) is 0. The molecule has 0 aromatic heterocycles. The number of hydrogen-bond donors (Lipinski definition) is 2. The maximum atomic E-state index is 9.00. The highest BCUT2D eigenvalue weighted by molar-refractivity contribution is 6.92. The molecule has 0 saturated heterocycles. The van der Waals surface area contributed by atoms with Crippen LogP contribution < -0.4 is 11.5 Å². The van der Waals surface area contributed by atoms with Gasteiger partial charge in [-0.05, 0) is 0 Å². The summed E-state index contributed by atoms with van der Waals surface area (Å²) in [6.45, 7) is 0. The van der Waals surface area contributed by atoms with E-state index in [1.807, 2.05) is 0 Å². The van der Waals surface area contributed by atoms with Crippen molar-refractivity contribution < 1.29 is 4.79 Å². The van der Waals surface area contributed by atoms with Crippen LogP contribution >= 0.6 is 9.90 Å². The minimum Gasteiger partial charge on any atom is -0.352 e. The van der Waals surface area contributed by atoms with Gasteiger partial charge < -0.3 is 11.5 Å². The van der Waals surface area contributed by atoms with E-state index in [0.717, 1.165) is 0 Å². The summed E-state index contributed by atoms with van der Waals surface area (Å²) in [5, 5.41) is 0. The molecule has 3 radical (unpaired) electrons. The molecule has 2 amide bonds. The van der Waals surface area contributed by atoms with Crippen LogP contribution in [0.15, 0.2) is 0 Å². The van der Waals surface area contributed by atoms with Crippen LogP contribution in [0.2, 0.25) is 0 Å². The van der Waals surface area contributed by atoms with E-state index in [9.17, 15) is 0 Å². The highest BCUT2D eigenvalue weighted by atomic mass is 31.0. The van der Waals surface area contributed by atoms with Gasteiger partial charge in [-0.3, -0.25) is 0 Å². The standard InChI is InChI=1S/CH4N2O.P/c2-1(3)4;/h(H4,2,3,4);. The molecule has 0 heterocycles. The molecular formula is CH4N2OP. The average molecular weight is 91.0 g/mol. The lowest BCUT2D eigenvalue weighted by Gasteiger charge is -1.62. The van der Waals surface area contributed by atoms with E-state index in [-0.39, 0.29) is 9.90 Å². The van der Waals surface area contributed by atoms with Gasteiger partial charge in [-0.1, -0.05) is 0 Å². The highest BCUT2D eigenvalue weighted by Gasteiger charge is 1.60. The molecule has 29 valence electrons. The number of carbonyl (C=O) groups excluding carboxylic acids is 1. The van der Waals surface area contributed by atoms with Gasteiger partial charge in [0.05, 0.1) is 0 Å². The SMILES string of the molecule is NC(N)=O.[P]. The van der Waals surface area contributed by atoms with Gasteiger partial charge in [0.2, 0.25) is 0 Å². The van der Waals surface area contributed by atoms with E-state index >= 15 is 0 Å². The molecule has 0 rings (SSSR count). The Bertz CT molecular complexity index is 32.6. The highest BCUT2D eigenvalue weighted by Crippen LogP contribution is 1.25. The van der Waals surface area contributed by atoms with Gasteiger partial charge in [0.1, 0.15) is 0 Å². The van der Waals surface area contributed by atoms with E-state index in [4.69, 9.17) is 4.79 Å². The van der Waals surface area contributed by atoms with Crippen LogP contribution in [0.3, 0.4) is 0 Å². The number of amides is 2. The number of urea groups is 1. The summed E-state index contributed by atoms with van der Waals surface area (Å²) < 4.78 is 0. The summed E-state index contributed by atoms with van der Waals surface area (Å²) in [5.74, 6) is 0. The van der Waals surface area contributed by atoms with E-state index in [1.54, 1.807) is 0 Å². The zero-order chi connectivity index (χ0) is 3.58. The molecule has 0 bridgehead atoms. The first kappa shape index (κ1) is 8.83. The normalized spacial score (nSPS) is 4.80. The molecule has 0 spiro atoms. The first-order valence-electron chi connectivity index (χ1n) is 0.781. The minimum atomic E-state index is -0.833. The van der Waals surface area contributed by atoms with E-state index in [2.05, 4.69) is 11.5 Å². The molecular weight excluding hydrogens is 87.0 g/mol. The molecule has 4 N–H and O–H groups in total. The van der Waals surface area contributed by atoms with Crippen molar-refractivity contribution in [3.8, 4) is 0 Å². The molecule has 0 aliphatic heterocycles. The second kappa shape index (κ2) is 3.70. The Morgan fingerprint density at radius 3 is 1.40 bits per heavy atom.